The standard InChI is InChI=1S/C22H36O3/c1-6-7-9-12-17(2)15-18(3)13-10-8-11-14-20-16-21(23)19(4)22(5,24)25-20/h6,8,10-13,18-21,23-24H,1,7,9,14-16H2,2-5H3/b11-8+,13-10+,17-12+/t18-,19+,20+,21?,22?/m0/s1. The highest BCUT2D eigenvalue weighted by Gasteiger charge is 2.42. The van der Waals surface area contributed by atoms with Crippen LogP contribution < -0.4 is 0 Å². The Hall–Kier alpha value is -1.16. The maximum atomic E-state index is 10.2. The molecule has 0 bridgehead atoms. The Morgan fingerprint density at radius 2 is 2.08 bits per heavy atom. The predicted octanol–water partition coefficient (Wildman–Crippen LogP) is 4.92. The van der Waals surface area contributed by atoms with E-state index in [2.05, 4.69) is 38.7 Å². The molecule has 5 atom stereocenters. The molecule has 0 spiro atoms. The van der Waals surface area contributed by atoms with Crippen molar-refractivity contribution in [3.63, 3.8) is 0 Å². The van der Waals surface area contributed by atoms with Crippen LogP contribution >= 0.6 is 0 Å². The van der Waals surface area contributed by atoms with Gasteiger partial charge in [-0.05, 0) is 45.4 Å². The van der Waals surface area contributed by atoms with Gasteiger partial charge in [0.15, 0.2) is 5.79 Å². The van der Waals surface area contributed by atoms with E-state index in [0.717, 1.165) is 19.3 Å². The van der Waals surface area contributed by atoms with Crippen LogP contribution in [0, 0.1) is 11.8 Å². The van der Waals surface area contributed by atoms with Crippen molar-refractivity contribution < 1.29 is 14.9 Å². The fraction of sp³-hybridized carbons (Fsp3) is 0.636. The van der Waals surface area contributed by atoms with E-state index in [1.54, 1.807) is 6.92 Å². The van der Waals surface area contributed by atoms with Crippen LogP contribution in [-0.4, -0.2) is 28.2 Å². The van der Waals surface area contributed by atoms with Gasteiger partial charge in [0.2, 0.25) is 0 Å². The molecule has 0 aromatic carbocycles. The van der Waals surface area contributed by atoms with Crippen molar-refractivity contribution in [3.8, 4) is 0 Å². The molecule has 1 saturated heterocycles. The largest absolute Gasteiger partial charge is 0.393 e. The van der Waals surface area contributed by atoms with Gasteiger partial charge in [-0.15, -0.1) is 6.58 Å². The second-order valence-electron chi connectivity index (χ2n) is 7.53. The second kappa shape index (κ2) is 10.7. The average Bonchev–Trinajstić information content (AvgIpc) is 2.52. The summed E-state index contributed by atoms with van der Waals surface area (Å²) in [7, 11) is 0. The fourth-order valence-electron chi connectivity index (χ4n) is 3.14. The van der Waals surface area contributed by atoms with Gasteiger partial charge < -0.3 is 14.9 Å². The third kappa shape index (κ3) is 8.17. The Morgan fingerprint density at radius 3 is 2.72 bits per heavy atom. The predicted molar refractivity (Wildman–Crippen MR) is 105 cm³/mol. The topological polar surface area (TPSA) is 49.7 Å². The minimum absolute atomic E-state index is 0.140. The number of aliphatic hydroxyl groups excluding tert-OH is 1. The molecular formula is C22H36O3. The van der Waals surface area contributed by atoms with Crippen molar-refractivity contribution in [2.24, 2.45) is 11.8 Å². The highest BCUT2D eigenvalue weighted by atomic mass is 16.6. The van der Waals surface area contributed by atoms with Crippen molar-refractivity contribution in [2.75, 3.05) is 0 Å². The summed E-state index contributed by atoms with van der Waals surface area (Å²) in [4.78, 5) is 0. The van der Waals surface area contributed by atoms with Gasteiger partial charge in [-0.1, -0.05) is 55.9 Å². The van der Waals surface area contributed by atoms with Crippen LogP contribution in [0.2, 0.25) is 0 Å². The number of allylic oxidation sites excluding steroid dienone is 6. The van der Waals surface area contributed by atoms with Crippen molar-refractivity contribution in [1.29, 1.82) is 0 Å². The first-order valence-corrected chi connectivity index (χ1v) is 9.44. The van der Waals surface area contributed by atoms with Crippen LogP contribution in [0.1, 0.15) is 59.8 Å². The van der Waals surface area contributed by atoms with Gasteiger partial charge in [0.05, 0.1) is 12.2 Å². The van der Waals surface area contributed by atoms with E-state index in [1.807, 2.05) is 25.2 Å². The van der Waals surface area contributed by atoms with Gasteiger partial charge in [0, 0.05) is 12.3 Å². The lowest BCUT2D eigenvalue weighted by Crippen LogP contribution is -2.50. The first-order valence-electron chi connectivity index (χ1n) is 9.44. The van der Waals surface area contributed by atoms with Crippen LogP contribution in [0.3, 0.4) is 0 Å². The molecule has 25 heavy (non-hydrogen) atoms. The Balaban J connectivity index is 2.36. The summed E-state index contributed by atoms with van der Waals surface area (Å²) in [5, 5.41) is 20.2. The molecule has 2 N–H and O–H groups in total. The van der Waals surface area contributed by atoms with Crippen molar-refractivity contribution in [2.45, 2.75) is 77.8 Å². The molecular weight excluding hydrogens is 312 g/mol. The highest BCUT2D eigenvalue weighted by Crippen LogP contribution is 2.33. The van der Waals surface area contributed by atoms with Crippen LogP contribution in [0.15, 0.2) is 48.6 Å². The zero-order valence-electron chi connectivity index (χ0n) is 16.3. The molecule has 0 radical (unpaired) electrons. The van der Waals surface area contributed by atoms with Gasteiger partial charge in [0.25, 0.3) is 0 Å². The molecule has 1 rings (SSSR count). The van der Waals surface area contributed by atoms with Gasteiger partial charge in [0.1, 0.15) is 0 Å². The van der Waals surface area contributed by atoms with E-state index in [4.69, 9.17) is 4.74 Å². The summed E-state index contributed by atoms with van der Waals surface area (Å²) in [5.41, 5.74) is 1.42. The third-order valence-corrected chi connectivity index (χ3v) is 4.93. The number of aliphatic hydroxyl groups is 2. The van der Waals surface area contributed by atoms with E-state index in [9.17, 15) is 10.2 Å². The molecule has 2 unspecified atom stereocenters. The maximum absolute atomic E-state index is 10.2. The van der Waals surface area contributed by atoms with Crippen molar-refractivity contribution in [1.82, 2.24) is 0 Å². The zero-order valence-corrected chi connectivity index (χ0v) is 16.3. The minimum atomic E-state index is -1.25. The summed E-state index contributed by atoms with van der Waals surface area (Å²) in [6.45, 7) is 11.6. The average molecular weight is 349 g/mol. The fourth-order valence-corrected chi connectivity index (χ4v) is 3.14. The van der Waals surface area contributed by atoms with E-state index < -0.39 is 11.9 Å². The molecule has 0 aliphatic carbocycles. The molecule has 0 aromatic rings. The molecule has 1 heterocycles. The SMILES string of the molecule is C=CCC/C=C(\C)C[C@@H](C)/C=C/C=C/C[C@@H]1CC(O)[C@@H](C)C(C)(O)O1. The molecule has 1 aliphatic heterocycles. The lowest BCUT2D eigenvalue weighted by Gasteiger charge is -2.42. The second-order valence-corrected chi connectivity index (χ2v) is 7.53. The van der Waals surface area contributed by atoms with Crippen molar-refractivity contribution >= 4 is 0 Å². The smallest absolute Gasteiger partial charge is 0.168 e. The Kier molecular flexibility index (Phi) is 9.41. The Bertz CT molecular complexity index is 488. The van der Waals surface area contributed by atoms with E-state index in [1.165, 1.54) is 5.57 Å². The molecule has 142 valence electrons. The molecule has 0 aromatic heterocycles. The quantitative estimate of drug-likeness (QED) is 0.353. The first kappa shape index (κ1) is 21.9. The third-order valence-electron chi connectivity index (χ3n) is 4.93. The van der Waals surface area contributed by atoms with Gasteiger partial charge >= 0.3 is 0 Å². The summed E-state index contributed by atoms with van der Waals surface area (Å²) >= 11 is 0. The summed E-state index contributed by atoms with van der Waals surface area (Å²) in [6, 6.07) is 0. The van der Waals surface area contributed by atoms with E-state index in [-0.39, 0.29) is 12.0 Å². The number of rotatable bonds is 9. The maximum Gasteiger partial charge on any atom is 0.168 e. The molecule has 1 aliphatic rings. The lowest BCUT2D eigenvalue weighted by molar-refractivity contribution is -0.290. The van der Waals surface area contributed by atoms with Gasteiger partial charge in [-0.2, -0.15) is 0 Å². The summed E-state index contributed by atoms with van der Waals surface area (Å²) in [5.74, 6) is -1.02. The Morgan fingerprint density at radius 1 is 1.36 bits per heavy atom. The highest BCUT2D eigenvalue weighted by molar-refractivity contribution is 5.08. The Labute approximate surface area is 153 Å². The first-order chi connectivity index (χ1) is 11.8. The van der Waals surface area contributed by atoms with Crippen LogP contribution in [0.25, 0.3) is 0 Å². The van der Waals surface area contributed by atoms with Crippen molar-refractivity contribution in [3.05, 3.63) is 48.6 Å². The monoisotopic (exact) mass is 348 g/mol. The van der Waals surface area contributed by atoms with Crippen LogP contribution in [-0.2, 0) is 4.74 Å². The molecule has 1 fully saturated rings. The van der Waals surface area contributed by atoms with Gasteiger partial charge in [-0.3, -0.25) is 0 Å². The summed E-state index contributed by atoms with van der Waals surface area (Å²) < 4.78 is 5.69. The molecule has 3 nitrogen and oxygen atoms in total. The zero-order chi connectivity index (χ0) is 18.9. The van der Waals surface area contributed by atoms with Crippen LogP contribution in [0.5, 0.6) is 0 Å². The number of hydrogen-bond donors (Lipinski definition) is 2. The minimum Gasteiger partial charge on any atom is -0.393 e. The van der Waals surface area contributed by atoms with E-state index in [0.29, 0.717) is 18.8 Å². The molecule has 0 amide bonds. The van der Waals surface area contributed by atoms with Gasteiger partial charge in [-0.25, -0.2) is 0 Å². The molecule has 0 saturated carbocycles. The summed E-state index contributed by atoms with van der Waals surface area (Å²) in [6.07, 6.45) is 16.4. The number of ether oxygens (including phenoxy) is 1. The van der Waals surface area contributed by atoms with E-state index >= 15 is 0 Å². The lowest BCUT2D eigenvalue weighted by atomic mass is 9.87. The van der Waals surface area contributed by atoms with Crippen LogP contribution in [0.4, 0.5) is 0 Å². The molecule has 3 heteroatoms. The normalized spacial score (nSPS) is 32.4. The number of hydrogen-bond acceptors (Lipinski definition) is 3. The number of unbranched alkanes of at least 4 members (excludes halogenated alkanes) is 1.